The third-order valence-electron chi connectivity index (χ3n) is 4.26. The highest BCUT2D eigenvalue weighted by molar-refractivity contribution is 5.70. The maximum atomic E-state index is 11.6. The molecule has 2 fully saturated rings. The molecule has 0 saturated carbocycles. The second kappa shape index (κ2) is 5.85. The van der Waals surface area contributed by atoms with Crippen LogP contribution in [-0.4, -0.2) is 35.6 Å². The molecule has 3 nitrogen and oxygen atoms in total. The first kappa shape index (κ1) is 12.9. The van der Waals surface area contributed by atoms with Gasteiger partial charge in [-0.05, 0) is 39.0 Å². The van der Waals surface area contributed by atoms with Crippen LogP contribution in [0.3, 0.4) is 0 Å². The second-order valence-electron chi connectivity index (χ2n) is 5.36. The van der Waals surface area contributed by atoms with Gasteiger partial charge in [-0.3, -0.25) is 9.69 Å². The van der Waals surface area contributed by atoms with E-state index in [1.54, 1.807) is 0 Å². The summed E-state index contributed by atoms with van der Waals surface area (Å²) >= 11 is 0. The zero-order chi connectivity index (χ0) is 12.3. The van der Waals surface area contributed by atoms with Crippen molar-refractivity contribution >= 4 is 5.97 Å². The maximum Gasteiger partial charge on any atom is 0.307 e. The third-order valence-corrected chi connectivity index (χ3v) is 4.26. The monoisotopic (exact) mass is 239 g/mol. The van der Waals surface area contributed by atoms with Crippen LogP contribution in [0.4, 0.5) is 0 Å². The Morgan fingerprint density at radius 2 is 1.88 bits per heavy atom. The van der Waals surface area contributed by atoms with Gasteiger partial charge in [0, 0.05) is 18.1 Å². The molecule has 0 bridgehead atoms. The lowest BCUT2D eigenvalue weighted by molar-refractivity contribution is -0.144. The zero-order valence-electron chi connectivity index (χ0n) is 11.2. The predicted octanol–water partition coefficient (Wildman–Crippen LogP) is 2.74. The van der Waals surface area contributed by atoms with Crippen molar-refractivity contribution in [2.24, 2.45) is 0 Å². The van der Waals surface area contributed by atoms with Crippen LogP contribution < -0.4 is 0 Å². The lowest BCUT2D eigenvalue weighted by atomic mass is 10.0. The largest absolute Gasteiger partial charge is 0.466 e. The molecular formula is C14H25NO2. The first-order valence-electron chi connectivity index (χ1n) is 7.19. The van der Waals surface area contributed by atoms with Crippen molar-refractivity contribution in [2.45, 2.75) is 76.9 Å². The molecule has 0 spiro atoms. The minimum absolute atomic E-state index is 0.0136. The van der Waals surface area contributed by atoms with Gasteiger partial charge < -0.3 is 4.74 Å². The maximum absolute atomic E-state index is 11.6. The summed E-state index contributed by atoms with van der Waals surface area (Å²) in [7, 11) is 0. The number of nitrogens with zero attached hydrogens (tertiary/aromatic N) is 1. The van der Waals surface area contributed by atoms with Crippen LogP contribution in [-0.2, 0) is 9.53 Å². The first-order chi connectivity index (χ1) is 8.26. The van der Waals surface area contributed by atoms with E-state index in [0.29, 0.717) is 19.1 Å². The number of carbonyl (C=O) groups is 1. The van der Waals surface area contributed by atoms with Gasteiger partial charge in [0.25, 0.3) is 0 Å². The summed E-state index contributed by atoms with van der Waals surface area (Å²) in [6.45, 7) is 4.64. The first-order valence-corrected chi connectivity index (χ1v) is 7.19. The summed E-state index contributed by atoms with van der Waals surface area (Å²) in [4.78, 5) is 14.2. The Morgan fingerprint density at radius 1 is 1.18 bits per heavy atom. The van der Waals surface area contributed by atoms with Gasteiger partial charge in [0.05, 0.1) is 13.0 Å². The molecule has 0 amide bonds. The number of esters is 1. The molecule has 2 saturated heterocycles. The van der Waals surface area contributed by atoms with E-state index < -0.39 is 0 Å². The number of ether oxygens (including phenoxy) is 1. The minimum atomic E-state index is -0.0136. The Hall–Kier alpha value is -0.570. The van der Waals surface area contributed by atoms with Gasteiger partial charge in [0.15, 0.2) is 0 Å². The van der Waals surface area contributed by atoms with Crippen LogP contribution in [0.1, 0.15) is 58.8 Å². The van der Waals surface area contributed by atoms with E-state index in [1.165, 1.54) is 38.5 Å². The molecule has 0 aromatic rings. The van der Waals surface area contributed by atoms with Crippen LogP contribution in [0.15, 0.2) is 0 Å². The highest BCUT2D eigenvalue weighted by atomic mass is 16.5. The zero-order valence-corrected chi connectivity index (χ0v) is 11.2. The highest BCUT2D eigenvalue weighted by Gasteiger charge is 2.42. The van der Waals surface area contributed by atoms with Crippen molar-refractivity contribution in [3.05, 3.63) is 0 Å². The van der Waals surface area contributed by atoms with E-state index in [-0.39, 0.29) is 5.97 Å². The Bertz CT molecular complexity index is 265. The molecule has 0 N–H and O–H groups in total. The van der Waals surface area contributed by atoms with Gasteiger partial charge in [-0.2, -0.15) is 0 Å². The molecule has 3 atom stereocenters. The predicted molar refractivity (Wildman–Crippen MR) is 67.8 cm³/mol. The highest BCUT2D eigenvalue weighted by Crippen LogP contribution is 2.39. The molecule has 2 aliphatic heterocycles. The Kier molecular flexibility index (Phi) is 4.43. The van der Waals surface area contributed by atoms with E-state index in [0.717, 1.165) is 12.1 Å². The summed E-state index contributed by atoms with van der Waals surface area (Å²) in [5, 5.41) is 0. The Balaban J connectivity index is 1.92. The van der Waals surface area contributed by atoms with Crippen molar-refractivity contribution in [1.29, 1.82) is 0 Å². The van der Waals surface area contributed by atoms with Crippen molar-refractivity contribution in [3.63, 3.8) is 0 Å². The molecule has 0 aromatic carbocycles. The van der Waals surface area contributed by atoms with Gasteiger partial charge >= 0.3 is 5.97 Å². The second-order valence-corrected chi connectivity index (χ2v) is 5.36. The molecule has 2 aliphatic rings. The van der Waals surface area contributed by atoms with Gasteiger partial charge in [0.2, 0.25) is 0 Å². The lowest BCUT2D eigenvalue weighted by Gasteiger charge is -2.30. The van der Waals surface area contributed by atoms with E-state index >= 15 is 0 Å². The molecule has 17 heavy (non-hydrogen) atoms. The quantitative estimate of drug-likeness (QED) is 0.691. The topological polar surface area (TPSA) is 29.5 Å². The normalized spacial score (nSPS) is 32.7. The van der Waals surface area contributed by atoms with Gasteiger partial charge in [0.1, 0.15) is 0 Å². The van der Waals surface area contributed by atoms with Crippen molar-refractivity contribution in [1.82, 2.24) is 4.90 Å². The van der Waals surface area contributed by atoms with Crippen LogP contribution in [0.25, 0.3) is 0 Å². The average Bonchev–Trinajstić information content (AvgIpc) is 2.84. The average molecular weight is 239 g/mol. The number of carbonyl (C=O) groups excluding carboxylic acids is 1. The molecule has 2 heterocycles. The number of hydrogen-bond acceptors (Lipinski definition) is 3. The van der Waals surface area contributed by atoms with E-state index in [9.17, 15) is 4.79 Å². The minimum Gasteiger partial charge on any atom is -0.466 e. The van der Waals surface area contributed by atoms with Crippen LogP contribution in [0.5, 0.6) is 0 Å². The lowest BCUT2D eigenvalue weighted by Crippen LogP contribution is -2.39. The summed E-state index contributed by atoms with van der Waals surface area (Å²) in [6, 6.07) is 1.94. The summed E-state index contributed by atoms with van der Waals surface area (Å²) in [5.74, 6) is -0.0136. The van der Waals surface area contributed by atoms with Crippen molar-refractivity contribution < 1.29 is 9.53 Å². The summed E-state index contributed by atoms with van der Waals surface area (Å²) in [5.41, 5.74) is 0. The van der Waals surface area contributed by atoms with E-state index in [2.05, 4.69) is 11.8 Å². The van der Waals surface area contributed by atoms with Crippen molar-refractivity contribution in [2.75, 3.05) is 6.61 Å². The molecular weight excluding hydrogens is 214 g/mol. The number of rotatable bonds is 5. The fraction of sp³-hybridized carbons (Fsp3) is 0.929. The molecule has 98 valence electrons. The van der Waals surface area contributed by atoms with Crippen molar-refractivity contribution in [3.8, 4) is 0 Å². The standard InChI is InChI=1S/C14H25NO2/c1-3-5-11-6-7-12-8-9-13(15(11)12)10-14(16)17-4-2/h11-13H,3-10H2,1-2H3/t11-,12-,13+/m1/s1. The smallest absolute Gasteiger partial charge is 0.307 e. The SMILES string of the molecule is CCC[C@@H]1CC[C@@H]2CC[C@@H](CC(=O)OCC)N21. The van der Waals surface area contributed by atoms with Gasteiger partial charge in [-0.1, -0.05) is 13.3 Å². The fourth-order valence-corrected chi connectivity index (χ4v) is 3.65. The number of fused-ring (bicyclic) bond motifs is 1. The Labute approximate surface area is 105 Å². The van der Waals surface area contributed by atoms with Gasteiger partial charge in [-0.25, -0.2) is 0 Å². The summed E-state index contributed by atoms with van der Waals surface area (Å²) in [6.07, 6.45) is 8.27. The third kappa shape index (κ3) is 2.82. The number of hydrogen-bond donors (Lipinski definition) is 0. The molecule has 0 aliphatic carbocycles. The fourth-order valence-electron chi connectivity index (χ4n) is 3.65. The van der Waals surface area contributed by atoms with Crippen LogP contribution >= 0.6 is 0 Å². The molecule has 0 unspecified atom stereocenters. The van der Waals surface area contributed by atoms with E-state index in [4.69, 9.17) is 4.74 Å². The molecule has 2 rings (SSSR count). The molecule has 0 aromatic heterocycles. The molecule has 3 heteroatoms. The molecule has 0 radical (unpaired) electrons. The Morgan fingerprint density at radius 3 is 2.53 bits per heavy atom. The van der Waals surface area contributed by atoms with Crippen LogP contribution in [0.2, 0.25) is 0 Å². The summed E-state index contributed by atoms with van der Waals surface area (Å²) < 4.78 is 5.08. The van der Waals surface area contributed by atoms with Crippen LogP contribution in [0, 0.1) is 0 Å². The van der Waals surface area contributed by atoms with E-state index in [1.807, 2.05) is 6.92 Å². The van der Waals surface area contributed by atoms with Gasteiger partial charge in [-0.15, -0.1) is 0 Å².